The van der Waals surface area contributed by atoms with Crippen LogP contribution in [0.2, 0.25) is 0 Å². The summed E-state index contributed by atoms with van der Waals surface area (Å²) in [6.07, 6.45) is 1.06. The lowest BCUT2D eigenvalue weighted by atomic mass is 10.1. The molecular weight excluding hydrogens is 202 g/mol. The number of benzene rings is 1. The number of likely N-dealkylation sites (N-methyl/N-ethyl adjacent to an activating group) is 1. The molecule has 0 fully saturated rings. The molecule has 0 amide bonds. The Bertz CT molecular complexity index is 332. The van der Waals surface area contributed by atoms with Crippen molar-refractivity contribution < 1.29 is 9.53 Å². The van der Waals surface area contributed by atoms with E-state index in [0.717, 1.165) is 24.3 Å². The summed E-state index contributed by atoms with van der Waals surface area (Å²) in [5.74, 6) is 0.928. The molecule has 3 nitrogen and oxygen atoms in total. The molecule has 0 bridgehead atoms. The van der Waals surface area contributed by atoms with Crippen LogP contribution in [0.3, 0.4) is 0 Å². The SMILES string of the molecule is CCCN(C)CC(=O)c1ccc(OC)cc1. The van der Waals surface area contributed by atoms with Crippen LogP contribution in [0.15, 0.2) is 24.3 Å². The van der Waals surface area contributed by atoms with Crippen LogP contribution in [-0.4, -0.2) is 37.9 Å². The molecular formula is C13H19NO2. The number of carbonyl (C=O) groups is 1. The molecule has 1 aromatic carbocycles. The van der Waals surface area contributed by atoms with E-state index in [2.05, 4.69) is 6.92 Å². The van der Waals surface area contributed by atoms with Gasteiger partial charge in [-0.3, -0.25) is 9.69 Å². The van der Waals surface area contributed by atoms with E-state index in [1.165, 1.54) is 0 Å². The zero-order chi connectivity index (χ0) is 12.0. The Morgan fingerprint density at radius 2 is 1.94 bits per heavy atom. The quantitative estimate of drug-likeness (QED) is 0.690. The zero-order valence-electron chi connectivity index (χ0n) is 10.2. The van der Waals surface area contributed by atoms with Crippen LogP contribution in [0.25, 0.3) is 0 Å². The molecule has 0 heterocycles. The summed E-state index contributed by atoms with van der Waals surface area (Å²) in [5, 5.41) is 0. The Kier molecular flexibility index (Phi) is 4.99. The van der Waals surface area contributed by atoms with Crippen molar-refractivity contribution in [1.82, 2.24) is 4.90 Å². The van der Waals surface area contributed by atoms with Crippen molar-refractivity contribution >= 4 is 5.78 Å². The molecule has 3 heteroatoms. The topological polar surface area (TPSA) is 29.5 Å². The second-order valence-corrected chi connectivity index (χ2v) is 3.89. The van der Waals surface area contributed by atoms with Gasteiger partial charge in [0.05, 0.1) is 13.7 Å². The lowest BCUT2D eigenvalue weighted by Crippen LogP contribution is -2.26. The lowest BCUT2D eigenvalue weighted by molar-refractivity contribution is 0.0946. The standard InChI is InChI=1S/C13H19NO2/c1-4-9-14(2)10-13(15)11-5-7-12(16-3)8-6-11/h5-8H,4,9-10H2,1-3H3. The predicted octanol–water partition coefficient (Wildman–Crippen LogP) is 2.22. The minimum atomic E-state index is 0.151. The number of nitrogens with zero attached hydrogens (tertiary/aromatic N) is 1. The fourth-order valence-electron chi connectivity index (χ4n) is 1.57. The Balaban J connectivity index is 2.59. The third kappa shape index (κ3) is 3.66. The highest BCUT2D eigenvalue weighted by Gasteiger charge is 2.08. The van der Waals surface area contributed by atoms with Crippen LogP contribution in [0.5, 0.6) is 5.75 Å². The highest BCUT2D eigenvalue weighted by molar-refractivity contribution is 5.97. The van der Waals surface area contributed by atoms with Crippen LogP contribution in [0.4, 0.5) is 0 Å². The van der Waals surface area contributed by atoms with Crippen LogP contribution in [-0.2, 0) is 0 Å². The molecule has 0 radical (unpaired) electrons. The minimum Gasteiger partial charge on any atom is -0.497 e. The third-order valence-corrected chi connectivity index (χ3v) is 2.43. The van der Waals surface area contributed by atoms with Gasteiger partial charge in [-0.1, -0.05) is 6.92 Å². The van der Waals surface area contributed by atoms with Crippen molar-refractivity contribution in [2.75, 3.05) is 27.2 Å². The zero-order valence-corrected chi connectivity index (χ0v) is 10.2. The number of hydrogen-bond donors (Lipinski definition) is 0. The van der Waals surface area contributed by atoms with Gasteiger partial charge in [-0.15, -0.1) is 0 Å². The Hall–Kier alpha value is -1.35. The molecule has 0 saturated carbocycles. The summed E-state index contributed by atoms with van der Waals surface area (Å²) in [6.45, 7) is 3.52. The first-order valence-corrected chi connectivity index (χ1v) is 5.53. The monoisotopic (exact) mass is 221 g/mol. The number of carbonyl (C=O) groups excluding carboxylic acids is 1. The normalized spacial score (nSPS) is 10.5. The van der Waals surface area contributed by atoms with E-state index in [0.29, 0.717) is 6.54 Å². The summed E-state index contributed by atoms with van der Waals surface area (Å²) in [6, 6.07) is 7.24. The van der Waals surface area contributed by atoms with E-state index < -0.39 is 0 Å². The highest BCUT2D eigenvalue weighted by Crippen LogP contribution is 2.11. The van der Waals surface area contributed by atoms with Gasteiger partial charge in [0.2, 0.25) is 0 Å². The van der Waals surface area contributed by atoms with Gasteiger partial charge in [0, 0.05) is 5.56 Å². The van der Waals surface area contributed by atoms with Crippen molar-refractivity contribution in [1.29, 1.82) is 0 Å². The second kappa shape index (κ2) is 6.28. The van der Waals surface area contributed by atoms with E-state index in [9.17, 15) is 4.79 Å². The van der Waals surface area contributed by atoms with Gasteiger partial charge in [0.1, 0.15) is 5.75 Å². The summed E-state index contributed by atoms with van der Waals surface area (Å²) in [4.78, 5) is 13.9. The summed E-state index contributed by atoms with van der Waals surface area (Å²) < 4.78 is 5.05. The molecule has 0 aliphatic rings. The number of rotatable bonds is 6. The van der Waals surface area contributed by atoms with Gasteiger partial charge in [-0.2, -0.15) is 0 Å². The van der Waals surface area contributed by atoms with Gasteiger partial charge < -0.3 is 4.74 Å². The molecule has 0 N–H and O–H groups in total. The summed E-state index contributed by atoms with van der Waals surface area (Å²) in [7, 11) is 3.58. The number of methoxy groups -OCH3 is 1. The molecule has 16 heavy (non-hydrogen) atoms. The molecule has 88 valence electrons. The van der Waals surface area contributed by atoms with Crippen LogP contribution < -0.4 is 4.74 Å². The van der Waals surface area contributed by atoms with E-state index in [1.807, 2.05) is 24.1 Å². The molecule has 0 spiro atoms. The molecule has 0 aromatic heterocycles. The number of ketones is 1. The molecule has 0 aliphatic heterocycles. The maximum Gasteiger partial charge on any atom is 0.176 e. The molecule has 0 saturated heterocycles. The van der Waals surface area contributed by atoms with Gasteiger partial charge in [-0.25, -0.2) is 0 Å². The largest absolute Gasteiger partial charge is 0.497 e. The first-order valence-electron chi connectivity index (χ1n) is 5.53. The Labute approximate surface area is 97.0 Å². The average Bonchev–Trinajstić information content (AvgIpc) is 2.29. The second-order valence-electron chi connectivity index (χ2n) is 3.89. The van der Waals surface area contributed by atoms with Crippen molar-refractivity contribution in [3.63, 3.8) is 0 Å². The van der Waals surface area contributed by atoms with Crippen molar-refractivity contribution in [3.05, 3.63) is 29.8 Å². The molecule has 0 unspecified atom stereocenters. The highest BCUT2D eigenvalue weighted by atomic mass is 16.5. The van der Waals surface area contributed by atoms with Crippen LogP contribution in [0.1, 0.15) is 23.7 Å². The fourth-order valence-corrected chi connectivity index (χ4v) is 1.57. The van der Waals surface area contributed by atoms with Crippen molar-refractivity contribution in [3.8, 4) is 5.75 Å². The Morgan fingerprint density at radius 3 is 2.44 bits per heavy atom. The van der Waals surface area contributed by atoms with E-state index in [4.69, 9.17) is 4.74 Å². The Morgan fingerprint density at radius 1 is 1.31 bits per heavy atom. The van der Waals surface area contributed by atoms with Crippen LogP contribution in [0, 0.1) is 0 Å². The molecule has 0 aliphatic carbocycles. The van der Waals surface area contributed by atoms with E-state index in [1.54, 1.807) is 19.2 Å². The van der Waals surface area contributed by atoms with E-state index >= 15 is 0 Å². The van der Waals surface area contributed by atoms with Gasteiger partial charge in [0.15, 0.2) is 5.78 Å². The molecule has 1 rings (SSSR count). The maximum absolute atomic E-state index is 11.8. The lowest BCUT2D eigenvalue weighted by Gasteiger charge is -2.14. The molecule has 0 atom stereocenters. The third-order valence-electron chi connectivity index (χ3n) is 2.43. The minimum absolute atomic E-state index is 0.151. The van der Waals surface area contributed by atoms with Gasteiger partial charge in [-0.05, 0) is 44.3 Å². The summed E-state index contributed by atoms with van der Waals surface area (Å²) in [5.41, 5.74) is 0.740. The average molecular weight is 221 g/mol. The van der Waals surface area contributed by atoms with Crippen molar-refractivity contribution in [2.45, 2.75) is 13.3 Å². The number of Topliss-reactive ketones (excluding diaryl/α,β-unsaturated/α-hetero) is 1. The van der Waals surface area contributed by atoms with Gasteiger partial charge in [0.25, 0.3) is 0 Å². The van der Waals surface area contributed by atoms with Crippen molar-refractivity contribution in [2.24, 2.45) is 0 Å². The van der Waals surface area contributed by atoms with E-state index in [-0.39, 0.29) is 5.78 Å². The predicted molar refractivity (Wildman–Crippen MR) is 65.1 cm³/mol. The fraction of sp³-hybridized carbons (Fsp3) is 0.462. The number of ether oxygens (including phenoxy) is 1. The first kappa shape index (κ1) is 12.7. The number of hydrogen-bond acceptors (Lipinski definition) is 3. The summed E-state index contributed by atoms with van der Waals surface area (Å²) >= 11 is 0. The molecule has 1 aromatic rings. The maximum atomic E-state index is 11.8. The smallest absolute Gasteiger partial charge is 0.176 e. The van der Waals surface area contributed by atoms with Crippen LogP contribution >= 0.6 is 0 Å². The first-order chi connectivity index (χ1) is 7.67. The van der Waals surface area contributed by atoms with Gasteiger partial charge >= 0.3 is 0 Å².